The first-order valence-corrected chi connectivity index (χ1v) is 9.46. The van der Waals surface area contributed by atoms with Crippen LogP contribution in [0.5, 0.6) is 0 Å². The molecule has 2 aromatic rings. The van der Waals surface area contributed by atoms with Crippen LogP contribution in [0.1, 0.15) is 25.3 Å². The Morgan fingerprint density at radius 3 is 2.21 bits per heavy atom. The lowest BCUT2D eigenvalue weighted by atomic mass is 9.79. The largest absolute Gasteiger partial charge is 0.466 e. The fourth-order valence-corrected chi connectivity index (χ4v) is 3.87. The van der Waals surface area contributed by atoms with Gasteiger partial charge in [-0.1, -0.05) is 18.2 Å². The van der Waals surface area contributed by atoms with Crippen molar-refractivity contribution in [2.24, 2.45) is 0 Å². The third-order valence-electron chi connectivity index (χ3n) is 4.52. The van der Waals surface area contributed by atoms with Crippen LogP contribution in [0.2, 0.25) is 0 Å². The second-order valence-corrected chi connectivity index (χ2v) is 7.06. The van der Waals surface area contributed by atoms with Crippen molar-refractivity contribution >= 4 is 34.1 Å². The Balaban J connectivity index is 2.20. The summed E-state index contributed by atoms with van der Waals surface area (Å²) >= 11 is 1.46. The predicted octanol–water partition coefficient (Wildman–Crippen LogP) is 3.47. The highest BCUT2D eigenvalue weighted by molar-refractivity contribution is 7.13. The van der Waals surface area contributed by atoms with Crippen LogP contribution in [0, 0.1) is 0 Å². The Kier molecular flexibility index (Phi) is 5.79. The number of para-hydroxylation sites is 1. The number of allylic oxidation sites excluding steroid dienone is 2. The molecule has 1 aliphatic rings. The van der Waals surface area contributed by atoms with Gasteiger partial charge in [0.15, 0.2) is 5.13 Å². The number of nitrogens with one attached hydrogen (secondary N) is 2. The Morgan fingerprint density at radius 1 is 1.07 bits per heavy atom. The molecule has 2 heterocycles. The molecule has 0 spiro atoms. The first-order chi connectivity index (χ1) is 13.5. The van der Waals surface area contributed by atoms with Gasteiger partial charge in [-0.2, -0.15) is 0 Å². The van der Waals surface area contributed by atoms with E-state index in [4.69, 9.17) is 9.47 Å². The molecule has 1 aromatic heterocycles. The van der Waals surface area contributed by atoms with Crippen molar-refractivity contribution < 1.29 is 19.1 Å². The van der Waals surface area contributed by atoms with Gasteiger partial charge in [0.2, 0.25) is 0 Å². The molecule has 7 nitrogen and oxygen atoms in total. The standard InChI is InChI=1S/C20H21N3O4S/c1-11-15(18(24)26-3)17(16(12(2)22-11)19(25)27-4)13-7-5-6-8-14(13)23-20-21-9-10-28-20/h5-10,17,22H,1-4H3,(H,21,23). The zero-order valence-corrected chi connectivity index (χ0v) is 16.8. The zero-order valence-electron chi connectivity index (χ0n) is 16.0. The lowest BCUT2D eigenvalue weighted by Gasteiger charge is -2.31. The molecular formula is C20H21N3O4S. The third-order valence-corrected chi connectivity index (χ3v) is 5.21. The van der Waals surface area contributed by atoms with Crippen molar-refractivity contribution in [2.75, 3.05) is 19.5 Å². The fourth-order valence-electron chi connectivity index (χ4n) is 3.33. The molecule has 8 heteroatoms. The SMILES string of the molecule is COC(=O)C1=C(C)NC(C)=C(C(=O)OC)C1c1ccccc1Nc1nccs1. The van der Waals surface area contributed by atoms with E-state index >= 15 is 0 Å². The van der Waals surface area contributed by atoms with Crippen LogP contribution in [0.4, 0.5) is 10.8 Å². The van der Waals surface area contributed by atoms with Gasteiger partial charge < -0.3 is 20.1 Å². The molecule has 146 valence electrons. The Labute approximate surface area is 167 Å². The maximum atomic E-state index is 12.6. The lowest BCUT2D eigenvalue weighted by molar-refractivity contribution is -0.137. The van der Waals surface area contributed by atoms with Crippen LogP contribution < -0.4 is 10.6 Å². The molecule has 0 fully saturated rings. The number of dihydropyridines is 1. The number of hydrogen-bond acceptors (Lipinski definition) is 8. The number of aromatic nitrogens is 1. The van der Waals surface area contributed by atoms with E-state index in [1.165, 1.54) is 25.6 Å². The summed E-state index contributed by atoms with van der Waals surface area (Å²) in [5, 5.41) is 8.95. The topological polar surface area (TPSA) is 89.5 Å². The van der Waals surface area contributed by atoms with Crippen molar-refractivity contribution in [1.82, 2.24) is 10.3 Å². The molecule has 0 aliphatic carbocycles. The summed E-state index contributed by atoms with van der Waals surface area (Å²) in [6.07, 6.45) is 1.70. The number of esters is 2. The highest BCUT2D eigenvalue weighted by Crippen LogP contribution is 2.42. The molecular weight excluding hydrogens is 378 g/mol. The summed E-state index contributed by atoms with van der Waals surface area (Å²) in [6.45, 7) is 3.57. The smallest absolute Gasteiger partial charge is 0.336 e. The first kappa shape index (κ1) is 19.6. The number of thiazole rings is 1. The number of carbonyl (C=O) groups is 2. The first-order valence-electron chi connectivity index (χ1n) is 8.58. The summed E-state index contributed by atoms with van der Waals surface area (Å²) in [5.41, 5.74) is 3.48. The van der Waals surface area contributed by atoms with Gasteiger partial charge in [0, 0.05) is 28.7 Å². The van der Waals surface area contributed by atoms with Crippen molar-refractivity contribution in [2.45, 2.75) is 19.8 Å². The minimum atomic E-state index is -0.648. The van der Waals surface area contributed by atoms with E-state index in [-0.39, 0.29) is 0 Å². The minimum absolute atomic E-state index is 0.363. The van der Waals surface area contributed by atoms with Crippen molar-refractivity contribution in [3.63, 3.8) is 0 Å². The molecule has 28 heavy (non-hydrogen) atoms. The van der Waals surface area contributed by atoms with E-state index in [1.807, 2.05) is 29.6 Å². The molecule has 1 aliphatic heterocycles. The quantitative estimate of drug-likeness (QED) is 0.744. The fraction of sp³-hybridized carbons (Fsp3) is 0.250. The van der Waals surface area contributed by atoms with Gasteiger partial charge in [-0.25, -0.2) is 14.6 Å². The molecule has 2 N–H and O–H groups in total. The summed E-state index contributed by atoms with van der Waals surface area (Å²) in [6, 6.07) is 7.49. The normalized spacial score (nSPS) is 14.6. The molecule has 3 rings (SSSR count). The van der Waals surface area contributed by atoms with Crippen LogP contribution in [0.25, 0.3) is 0 Å². The van der Waals surface area contributed by atoms with Crippen molar-refractivity contribution in [3.05, 3.63) is 63.9 Å². The van der Waals surface area contributed by atoms with E-state index in [9.17, 15) is 9.59 Å². The van der Waals surface area contributed by atoms with Gasteiger partial charge in [-0.3, -0.25) is 0 Å². The maximum absolute atomic E-state index is 12.6. The van der Waals surface area contributed by atoms with Crippen molar-refractivity contribution in [3.8, 4) is 0 Å². The predicted molar refractivity (Wildman–Crippen MR) is 107 cm³/mol. The van der Waals surface area contributed by atoms with Gasteiger partial charge in [0.05, 0.1) is 31.3 Å². The number of methoxy groups -OCH3 is 2. The highest BCUT2D eigenvalue weighted by atomic mass is 32.1. The maximum Gasteiger partial charge on any atom is 0.336 e. The number of rotatable bonds is 5. The number of benzene rings is 1. The average molecular weight is 399 g/mol. The number of carbonyl (C=O) groups excluding carboxylic acids is 2. The molecule has 0 bridgehead atoms. The monoisotopic (exact) mass is 399 g/mol. The van der Waals surface area contributed by atoms with Crippen LogP contribution in [-0.4, -0.2) is 31.1 Å². The van der Waals surface area contributed by atoms with Gasteiger partial charge in [0.25, 0.3) is 0 Å². The molecule has 0 atom stereocenters. The molecule has 0 saturated carbocycles. The van der Waals surface area contributed by atoms with E-state index in [2.05, 4.69) is 15.6 Å². The molecule has 0 radical (unpaired) electrons. The van der Waals surface area contributed by atoms with E-state index in [0.29, 0.717) is 27.7 Å². The lowest BCUT2D eigenvalue weighted by Crippen LogP contribution is -2.32. The minimum Gasteiger partial charge on any atom is -0.466 e. The summed E-state index contributed by atoms with van der Waals surface area (Å²) < 4.78 is 10.0. The average Bonchev–Trinajstić information content (AvgIpc) is 3.20. The second kappa shape index (κ2) is 8.26. The van der Waals surface area contributed by atoms with Gasteiger partial charge in [-0.15, -0.1) is 11.3 Å². The Morgan fingerprint density at radius 2 is 1.68 bits per heavy atom. The molecule has 0 saturated heterocycles. The number of anilines is 2. The molecule has 0 unspecified atom stereocenters. The summed E-state index contributed by atoms with van der Waals surface area (Å²) in [5.74, 6) is -1.66. The second-order valence-electron chi connectivity index (χ2n) is 6.17. The van der Waals surface area contributed by atoms with E-state index in [1.54, 1.807) is 20.0 Å². The van der Waals surface area contributed by atoms with Crippen LogP contribution in [0.3, 0.4) is 0 Å². The molecule has 0 amide bonds. The van der Waals surface area contributed by atoms with Crippen LogP contribution >= 0.6 is 11.3 Å². The van der Waals surface area contributed by atoms with E-state index < -0.39 is 17.9 Å². The number of hydrogen-bond donors (Lipinski definition) is 2. The van der Waals surface area contributed by atoms with Crippen molar-refractivity contribution in [1.29, 1.82) is 0 Å². The molecule has 1 aromatic carbocycles. The van der Waals surface area contributed by atoms with Crippen LogP contribution in [0.15, 0.2) is 58.4 Å². The number of ether oxygens (including phenoxy) is 2. The zero-order chi connectivity index (χ0) is 20.3. The number of nitrogens with zero attached hydrogens (tertiary/aromatic N) is 1. The van der Waals surface area contributed by atoms with Crippen LogP contribution in [-0.2, 0) is 19.1 Å². The highest BCUT2D eigenvalue weighted by Gasteiger charge is 2.38. The van der Waals surface area contributed by atoms with Gasteiger partial charge >= 0.3 is 11.9 Å². The summed E-state index contributed by atoms with van der Waals surface area (Å²) in [4.78, 5) is 29.5. The summed E-state index contributed by atoms with van der Waals surface area (Å²) in [7, 11) is 2.64. The van der Waals surface area contributed by atoms with Gasteiger partial charge in [0.1, 0.15) is 0 Å². The third kappa shape index (κ3) is 3.63. The Hall–Kier alpha value is -3.13. The Bertz CT molecular complexity index is 926. The van der Waals surface area contributed by atoms with E-state index in [0.717, 1.165) is 11.3 Å². The van der Waals surface area contributed by atoms with Gasteiger partial charge in [-0.05, 0) is 25.5 Å².